The van der Waals surface area contributed by atoms with Crippen molar-refractivity contribution in [3.05, 3.63) is 127 Å². The first-order valence-electron chi connectivity index (χ1n) is 18.5. The number of hydrogen-bond donors (Lipinski definition) is 4. The normalized spacial score (nSPS) is 24.0. The number of carbonyl (C=O) groups is 2. The summed E-state index contributed by atoms with van der Waals surface area (Å²) in [6.07, 6.45) is 22.5. The number of oxazole rings is 2. The van der Waals surface area contributed by atoms with Crippen molar-refractivity contribution >= 4 is 18.0 Å². The molecule has 0 spiro atoms. The van der Waals surface area contributed by atoms with E-state index in [4.69, 9.17) is 23.0 Å². The van der Waals surface area contributed by atoms with Crippen LogP contribution in [0.2, 0.25) is 0 Å². The molecule has 1 aliphatic rings. The highest BCUT2D eigenvalue weighted by Gasteiger charge is 2.39. The molecule has 0 aliphatic carbocycles. The minimum absolute atomic E-state index is 0.0613. The Morgan fingerprint density at radius 3 is 1.88 bits per heavy atom. The lowest BCUT2D eigenvalue weighted by Crippen LogP contribution is -2.42. The highest BCUT2D eigenvalue weighted by atomic mass is 16.6. The van der Waals surface area contributed by atoms with Crippen LogP contribution in [0.4, 0.5) is 0 Å². The van der Waals surface area contributed by atoms with Crippen molar-refractivity contribution < 1.29 is 53.1 Å². The van der Waals surface area contributed by atoms with Crippen molar-refractivity contribution in [1.29, 1.82) is 0 Å². The Morgan fingerprint density at radius 2 is 1.27 bits per heavy atom. The Hall–Kier alpha value is -4.92. The van der Waals surface area contributed by atoms with Crippen molar-refractivity contribution in [3.8, 4) is 0 Å². The minimum atomic E-state index is -1.32. The van der Waals surface area contributed by atoms with E-state index in [1.54, 1.807) is 102 Å². The largest absolute Gasteiger partial charge is 0.457 e. The van der Waals surface area contributed by atoms with Crippen LogP contribution in [-0.4, -0.2) is 92.2 Å². The molecule has 0 fully saturated rings. The zero-order valence-corrected chi connectivity index (χ0v) is 33.1. The van der Waals surface area contributed by atoms with Gasteiger partial charge < -0.3 is 43.5 Å². The standard InChI is InChI=1S/C43H56N2O11/c1-8-18-34(48)42(3,4)36-23-14-12-10-11-13-20-29(52-7)26-39-45-31(28-54-39)41(51)56-37(43(5,6)35(49)19-9-2)24-17-22-33(47)32(46)21-15-16-25-38-44-30(27-53-38)40(50)55-36/h8-22,25,27-29,32-37,46-49H,23-24,26H2,1-7H3/t29-,32?,33?,34-,35-,36-,37-/m0/s1. The van der Waals surface area contributed by atoms with Crippen molar-refractivity contribution in [3.63, 3.8) is 0 Å². The molecule has 0 saturated carbocycles. The van der Waals surface area contributed by atoms with Gasteiger partial charge in [-0.15, -0.1) is 0 Å². The van der Waals surface area contributed by atoms with Crippen LogP contribution in [0.5, 0.6) is 0 Å². The summed E-state index contributed by atoms with van der Waals surface area (Å²) in [5, 5.41) is 42.9. The Balaban J connectivity index is 1.93. The smallest absolute Gasteiger partial charge is 0.360 e. The molecule has 3 rings (SSSR count). The number of methoxy groups -OCH3 is 1. The zero-order valence-electron chi connectivity index (χ0n) is 33.1. The first-order valence-corrected chi connectivity index (χ1v) is 18.5. The maximum Gasteiger partial charge on any atom is 0.360 e. The van der Waals surface area contributed by atoms with Crippen LogP contribution >= 0.6 is 0 Å². The van der Waals surface area contributed by atoms with E-state index in [1.807, 2.05) is 6.08 Å². The molecule has 13 heteroatoms. The Kier molecular flexibility index (Phi) is 17.8. The molecule has 7 atom stereocenters. The Bertz CT molecular complexity index is 1790. The van der Waals surface area contributed by atoms with E-state index >= 15 is 0 Å². The summed E-state index contributed by atoms with van der Waals surface area (Å²) in [7, 11) is 1.53. The fraction of sp³-hybridized carbons (Fsp3) is 0.442. The minimum Gasteiger partial charge on any atom is -0.457 e. The van der Waals surface area contributed by atoms with Gasteiger partial charge in [-0.1, -0.05) is 119 Å². The van der Waals surface area contributed by atoms with Crippen molar-refractivity contribution in [1.82, 2.24) is 9.97 Å². The molecule has 13 nitrogen and oxygen atoms in total. The topological polar surface area (TPSA) is 195 Å². The number of aliphatic hydroxyl groups is 4. The molecule has 0 amide bonds. The first kappa shape index (κ1) is 45.5. The molecule has 4 N–H and O–H groups in total. The Morgan fingerprint density at radius 1 is 0.732 bits per heavy atom. The molecule has 2 unspecified atom stereocenters. The SMILES string of the molecule is CC=C[C@H](O)C(C)(C)[C@@H]1CC=CC=CC=C[C@H](OC)Cc2nc(co2)C(=O)O[C@H](C(C)(C)[C@@H](O)C=CC)CC=CC(O)C(O)C=CC=Cc2nc(co2)C(=O)O1. The lowest BCUT2D eigenvalue weighted by molar-refractivity contribution is -0.0462. The van der Waals surface area contributed by atoms with Gasteiger partial charge in [-0.3, -0.25) is 0 Å². The molecule has 0 saturated heterocycles. The number of carbonyl (C=O) groups excluding carboxylic acids is 2. The highest BCUT2D eigenvalue weighted by Crippen LogP contribution is 2.33. The van der Waals surface area contributed by atoms with Crippen molar-refractivity contribution in [2.75, 3.05) is 7.11 Å². The molecule has 56 heavy (non-hydrogen) atoms. The van der Waals surface area contributed by atoms with Crippen LogP contribution in [0.1, 0.15) is 87.1 Å². The number of allylic oxidation sites excluding steroid dienone is 8. The lowest BCUT2D eigenvalue weighted by atomic mass is 9.79. The predicted octanol–water partition coefficient (Wildman–Crippen LogP) is 6.21. The van der Waals surface area contributed by atoms with Crippen LogP contribution in [-0.2, 0) is 20.6 Å². The van der Waals surface area contributed by atoms with E-state index in [-0.39, 0.29) is 42.4 Å². The van der Waals surface area contributed by atoms with Gasteiger partial charge in [-0.25, -0.2) is 19.6 Å². The molecular formula is C43H56N2O11. The number of aliphatic hydroxyl groups excluding tert-OH is 4. The van der Waals surface area contributed by atoms with Crippen molar-refractivity contribution in [2.24, 2.45) is 10.8 Å². The zero-order chi connectivity index (χ0) is 41.3. The van der Waals surface area contributed by atoms with Gasteiger partial charge >= 0.3 is 11.9 Å². The maximum absolute atomic E-state index is 13.3. The summed E-state index contributed by atoms with van der Waals surface area (Å²) in [4.78, 5) is 35.0. The molecular weight excluding hydrogens is 720 g/mol. The van der Waals surface area contributed by atoms with Gasteiger partial charge in [-0.2, -0.15) is 0 Å². The summed E-state index contributed by atoms with van der Waals surface area (Å²) in [6.45, 7) is 10.7. The van der Waals surface area contributed by atoms with Gasteiger partial charge in [0.1, 0.15) is 36.9 Å². The van der Waals surface area contributed by atoms with E-state index in [1.165, 1.54) is 50.0 Å². The highest BCUT2D eigenvalue weighted by molar-refractivity contribution is 5.87. The predicted molar refractivity (Wildman–Crippen MR) is 211 cm³/mol. The van der Waals surface area contributed by atoms with Crippen LogP contribution in [0.15, 0.2) is 113 Å². The fourth-order valence-electron chi connectivity index (χ4n) is 5.47. The van der Waals surface area contributed by atoms with Gasteiger partial charge in [0, 0.05) is 36.9 Å². The van der Waals surface area contributed by atoms with Gasteiger partial charge in [0.25, 0.3) is 0 Å². The van der Waals surface area contributed by atoms with Crippen molar-refractivity contribution in [2.45, 2.75) is 104 Å². The monoisotopic (exact) mass is 776 g/mol. The summed E-state index contributed by atoms with van der Waals surface area (Å²) >= 11 is 0. The van der Waals surface area contributed by atoms with E-state index in [9.17, 15) is 30.0 Å². The average molecular weight is 777 g/mol. The fourth-order valence-corrected chi connectivity index (χ4v) is 5.47. The number of esters is 2. The maximum atomic E-state index is 13.3. The molecule has 3 heterocycles. The second kappa shape index (κ2) is 22.0. The van der Waals surface area contributed by atoms with E-state index in [2.05, 4.69) is 9.97 Å². The number of rotatable bonds is 7. The second-order valence-electron chi connectivity index (χ2n) is 14.4. The number of aromatic nitrogens is 2. The molecule has 2 aromatic heterocycles. The summed E-state index contributed by atoms with van der Waals surface area (Å²) < 4.78 is 28.3. The van der Waals surface area contributed by atoms with Gasteiger partial charge in [0.05, 0.1) is 24.7 Å². The van der Waals surface area contributed by atoms with Crippen LogP contribution in [0.3, 0.4) is 0 Å². The number of fused-ring (bicyclic) bond motifs is 4. The lowest BCUT2D eigenvalue weighted by Gasteiger charge is -2.36. The molecule has 4 bridgehead atoms. The number of nitrogens with zero attached hydrogens (tertiary/aromatic N) is 2. The van der Waals surface area contributed by atoms with Gasteiger partial charge in [0.15, 0.2) is 17.3 Å². The summed E-state index contributed by atoms with van der Waals surface area (Å²) in [5.41, 5.74) is -1.97. The number of ether oxygens (including phenoxy) is 3. The second-order valence-corrected chi connectivity index (χ2v) is 14.4. The van der Waals surface area contributed by atoms with E-state index < -0.39 is 65.5 Å². The van der Waals surface area contributed by atoms with E-state index in [0.717, 1.165) is 0 Å². The van der Waals surface area contributed by atoms with E-state index in [0.29, 0.717) is 0 Å². The number of cyclic esters (lactones) is 2. The van der Waals surface area contributed by atoms with Gasteiger partial charge in [-0.05, 0) is 13.8 Å². The summed E-state index contributed by atoms with van der Waals surface area (Å²) in [5.74, 6) is -1.15. The van der Waals surface area contributed by atoms with Crippen LogP contribution < -0.4 is 0 Å². The van der Waals surface area contributed by atoms with Crippen LogP contribution in [0, 0.1) is 10.8 Å². The van der Waals surface area contributed by atoms with Gasteiger partial charge in [0.2, 0.25) is 5.89 Å². The molecule has 2 aromatic rings. The number of hydrogen-bond acceptors (Lipinski definition) is 13. The first-order chi connectivity index (χ1) is 26.6. The Labute approximate surface area is 328 Å². The quantitative estimate of drug-likeness (QED) is 0.183. The summed E-state index contributed by atoms with van der Waals surface area (Å²) in [6, 6.07) is 0. The van der Waals surface area contributed by atoms with Crippen LogP contribution in [0.25, 0.3) is 6.08 Å². The molecule has 1 aliphatic heterocycles. The third-order valence-corrected chi connectivity index (χ3v) is 9.44. The third kappa shape index (κ3) is 13.4. The molecule has 304 valence electrons. The molecule has 0 radical (unpaired) electrons. The average Bonchev–Trinajstić information content (AvgIpc) is 3.84. The third-order valence-electron chi connectivity index (χ3n) is 9.44. The molecule has 0 aromatic carbocycles.